The lowest BCUT2D eigenvalue weighted by Gasteiger charge is -2.37. The van der Waals surface area contributed by atoms with Crippen LogP contribution in [-0.2, 0) is 4.79 Å². The molecule has 27 heavy (non-hydrogen) atoms. The monoisotopic (exact) mass is 363 g/mol. The highest BCUT2D eigenvalue weighted by atomic mass is 16.7. The summed E-state index contributed by atoms with van der Waals surface area (Å²) in [6.07, 6.45) is 2.12. The van der Waals surface area contributed by atoms with Gasteiger partial charge in [0.05, 0.1) is 6.04 Å². The molecule has 2 heterocycles. The first-order valence-electron chi connectivity index (χ1n) is 9.77. The summed E-state index contributed by atoms with van der Waals surface area (Å²) < 4.78 is 11.0. The number of benzene rings is 2. The minimum atomic E-state index is -0.343. The van der Waals surface area contributed by atoms with E-state index in [2.05, 4.69) is 29.2 Å². The van der Waals surface area contributed by atoms with E-state index in [4.69, 9.17) is 9.47 Å². The lowest BCUT2D eigenvalue weighted by atomic mass is 9.90. The van der Waals surface area contributed by atoms with Crippen LogP contribution in [0.3, 0.4) is 0 Å². The summed E-state index contributed by atoms with van der Waals surface area (Å²) in [6, 6.07) is 13.1. The standard InChI is InChI=1S/C23H25NO3/c1-23(2,3)22(25)24-9-8-16-11-19(24)18-10-14(4-6-17(16)18)15-5-7-20-21(12-15)27-13-26-20/h4-7,10,12,16,19H,8-9,11,13H2,1-3H3. The molecule has 0 aromatic heterocycles. The number of carbonyl (C=O) groups is 1. The Kier molecular flexibility index (Phi) is 3.55. The molecule has 1 fully saturated rings. The summed E-state index contributed by atoms with van der Waals surface area (Å²) in [6.45, 7) is 7.19. The van der Waals surface area contributed by atoms with Crippen molar-refractivity contribution in [1.29, 1.82) is 0 Å². The molecule has 2 aliphatic heterocycles. The first-order chi connectivity index (χ1) is 12.9. The number of piperidine rings is 1. The number of hydrogen-bond acceptors (Lipinski definition) is 3. The summed E-state index contributed by atoms with van der Waals surface area (Å²) in [5.41, 5.74) is 4.70. The fraction of sp³-hybridized carbons (Fsp3) is 0.435. The minimum absolute atomic E-state index is 0.208. The zero-order chi connectivity index (χ0) is 18.8. The van der Waals surface area contributed by atoms with Crippen molar-refractivity contribution in [2.24, 2.45) is 5.41 Å². The summed E-state index contributed by atoms with van der Waals surface area (Å²) in [5.74, 6) is 2.45. The van der Waals surface area contributed by atoms with Gasteiger partial charge in [0.2, 0.25) is 12.7 Å². The van der Waals surface area contributed by atoms with Gasteiger partial charge in [0, 0.05) is 12.0 Å². The Morgan fingerprint density at radius 2 is 1.74 bits per heavy atom. The van der Waals surface area contributed by atoms with Crippen molar-refractivity contribution in [3.05, 3.63) is 47.5 Å². The van der Waals surface area contributed by atoms with Crippen LogP contribution in [0.4, 0.5) is 0 Å². The lowest BCUT2D eigenvalue weighted by Crippen LogP contribution is -2.43. The van der Waals surface area contributed by atoms with Crippen molar-refractivity contribution in [2.45, 2.75) is 45.6 Å². The molecule has 140 valence electrons. The highest BCUT2D eigenvalue weighted by molar-refractivity contribution is 5.82. The van der Waals surface area contributed by atoms with Crippen LogP contribution in [0, 0.1) is 5.41 Å². The predicted octanol–water partition coefficient (Wildman–Crippen LogP) is 4.89. The van der Waals surface area contributed by atoms with Gasteiger partial charge in [-0.05, 0) is 59.2 Å². The second-order valence-corrected chi connectivity index (χ2v) is 8.90. The van der Waals surface area contributed by atoms with E-state index in [1.54, 1.807) is 0 Å². The molecular weight excluding hydrogens is 338 g/mol. The maximum absolute atomic E-state index is 13.0. The average molecular weight is 363 g/mol. The number of ether oxygens (including phenoxy) is 2. The maximum Gasteiger partial charge on any atom is 0.231 e. The molecular formula is C23H25NO3. The summed E-state index contributed by atoms with van der Waals surface area (Å²) in [5, 5.41) is 0. The van der Waals surface area contributed by atoms with E-state index in [1.807, 2.05) is 32.9 Å². The zero-order valence-corrected chi connectivity index (χ0v) is 16.1. The Labute approximate surface area is 160 Å². The van der Waals surface area contributed by atoms with Gasteiger partial charge in [-0.3, -0.25) is 4.79 Å². The van der Waals surface area contributed by atoms with E-state index in [0.717, 1.165) is 36.4 Å². The molecule has 2 unspecified atom stereocenters. The molecule has 1 aliphatic carbocycles. The van der Waals surface area contributed by atoms with Crippen molar-refractivity contribution >= 4 is 5.91 Å². The fourth-order valence-electron chi connectivity index (χ4n) is 4.71. The molecule has 5 rings (SSSR count). The molecule has 2 atom stereocenters. The Morgan fingerprint density at radius 3 is 2.56 bits per heavy atom. The number of rotatable bonds is 1. The van der Waals surface area contributed by atoms with Crippen LogP contribution in [0.15, 0.2) is 36.4 Å². The number of likely N-dealkylation sites (tertiary alicyclic amines) is 1. The number of fused-ring (bicyclic) bond motifs is 6. The predicted molar refractivity (Wildman–Crippen MR) is 104 cm³/mol. The van der Waals surface area contributed by atoms with Crippen LogP contribution in [-0.4, -0.2) is 24.1 Å². The van der Waals surface area contributed by atoms with Crippen molar-refractivity contribution in [3.8, 4) is 22.6 Å². The summed E-state index contributed by atoms with van der Waals surface area (Å²) in [4.78, 5) is 15.1. The molecule has 1 saturated heterocycles. The van der Waals surface area contributed by atoms with Gasteiger partial charge in [0.1, 0.15) is 0 Å². The van der Waals surface area contributed by atoms with E-state index in [-0.39, 0.29) is 24.2 Å². The number of amides is 1. The van der Waals surface area contributed by atoms with E-state index in [0.29, 0.717) is 5.92 Å². The first-order valence-corrected chi connectivity index (χ1v) is 9.77. The molecule has 4 heteroatoms. The van der Waals surface area contributed by atoms with Crippen LogP contribution in [0.5, 0.6) is 11.5 Å². The third-order valence-corrected chi connectivity index (χ3v) is 6.10. The lowest BCUT2D eigenvalue weighted by molar-refractivity contribution is -0.143. The normalized spacial score (nSPS) is 22.7. The van der Waals surface area contributed by atoms with Crippen LogP contribution < -0.4 is 9.47 Å². The third-order valence-electron chi connectivity index (χ3n) is 6.10. The quantitative estimate of drug-likeness (QED) is 0.724. The van der Waals surface area contributed by atoms with Crippen molar-refractivity contribution in [3.63, 3.8) is 0 Å². The van der Waals surface area contributed by atoms with Crippen molar-refractivity contribution in [1.82, 2.24) is 4.90 Å². The van der Waals surface area contributed by atoms with E-state index in [1.165, 1.54) is 16.7 Å². The van der Waals surface area contributed by atoms with Gasteiger partial charge in [0.25, 0.3) is 0 Å². The molecule has 4 nitrogen and oxygen atoms in total. The van der Waals surface area contributed by atoms with Crippen molar-refractivity contribution in [2.75, 3.05) is 13.3 Å². The fourth-order valence-corrected chi connectivity index (χ4v) is 4.71. The van der Waals surface area contributed by atoms with E-state index >= 15 is 0 Å². The Morgan fingerprint density at radius 1 is 1.00 bits per heavy atom. The topological polar surface area (TPSA) is 38.8 Å². The Balaban J connectivity index is 1.53. The molecule has 0 saturated carbocycles. The Bertz CT molecular complexity index is 928. The Hall–Kier alpha value is -2.49. The van der Waals surface area contributed by atoms with Gasteiger partial charge >= 0.3 is 0 Å². The average Bonchev–Trinajstić information content (AvgIpc) is 3.23. The molecule has 0 spiro atoms. The SMILES string of the molecule is CC(C)(C)C(=O)N1CCC2CC1c1cc(-c3ccc4c(c3)OCO4)ccc12. The molecule has 3 aliphatic rings. The number of carbonyl (C=O) groups excluding carboxylic acids is 1. The minimum Gasteiger partial charge on any atom is -0.454 e. The number of hydrogen-bond donors (Lipinski definition) is 0. The van der Waals surface area contributed by atoms with Gasteiger partial charge in [0.15, 0.2) is 11.5 Å². The van der Waals surface area contributed by atoms with Gasteiger partial charge in [-0.15, -0.1) is 0 Å². The first kappa shape index (κ1) is 16.7. The maximum atomic E-state index is 13.0. The van der Waals surface area contributed by atoms with Crippen LogP contribution in [0.1, 0.15) is 56.7 Å². The van der Waals surface area contributed by atoms with Crippen molar-refractivity contribution < 1.29 is 14.3 Å². The van der Waals surface area contributed by atoms with Gasteiger partial charge in [-0.25, -0.2) is 0 Å². The second-order valence-electron chi connectivity index (χ2n) is 8.90. The highest BCUT2D eigenvalue weighted by Crippen LogP contribution is 2.50. The molecule has 2 bridgehead atoms. The smallest absolute Gasteiger partial charge is 0.231 e. The largest absolute Gasteiger partial charge is 0.454 e. The summed E-state index contributed by atoms with van der Waals surface area (Å²) in [7, 11) is 0. The second kappa shape index (κ2) is 5.75. The zero-order valence-electron chi connectivity index (χ0n) is 16.1. The number of nitrogens with zero attached hydrogens (tertiary/aromatic N) is 1. The molecule has 2 aromatic rings. The van der Waals surface area contributed by atoms with E-state index < -0.39 is 0 Å². The molecule has 1 amide bonds. The molecule has 2 aromatic carbocycles. The third kappa shape index (κ3) is 2.61. The van der Waals surface area contributed by atoms with Gasteiger partial charge in [-0.1, -0.05) is 39.0 Å². The van der Waals surface area contributed by atoms with Crippen LogP contribution in [0.2, 0.25) is 0 Å². The van der Waals surface area contributed by atoms with E-state index in [9.17, 15) is 4.79 Å². The molecule has 0 N–H and O–H groups in total. The van der Waals surface area contributed by atoms with Gasteiger partial charge in [-0.2, -0.15) is 0 Å². The van der Waals surface area contributed by atoms with Crippen LogP contribution in [0.25, 0.3) is 11.1 Å². The van der Waals surface area contributed by atoms with Crippen LogP contribution >= 0.6 is 0 Å². The molecule has 0 radical (unpaired) electrons. The summed E-state index contributed by atoms with van der Waals surface area (Å²) >= 11 is 0. The van der Waals surface area contributed by atoms with Gasteiger partial charge < -0.3 is 14.4 Å². The highest BCUT2D eigenvalue weighted by Gasteiger charge is 2.43.